The first-order valence-corrected chi connectivity index (χ1v) is 20.9. The van der Waals surface area contributed by atoms with Crippen LogP contribution < -0.4 is 0 Å². The van der Waals surface area contributed by atoms with Crippen LogP contribution >= 0.6 is 0 Å². The first-order valence-electron chi connectivity index (χ1n) is 20.9. The van der Waals surface area contributed by atoms with E-state index in [2.05, 4.69) is 177 Å². The molecule has 0 aliphatic heterocycles. The number of para-hydroxylation sites is 1. The normalized spacial score (nSPS) is 12.4. The van der Waals surface area contributed by atoms with E-state index in [4.69, 9.17) is 14.4 Å². The summed E-state index contributed by atoms with van der Waals surface area (Å²) < 4.78 is 8.66. The number of nitrogens with zero attached hydrogens (tertiary/aromatic N) is 3. The minimum absolute atomic E-state index is 0. The van der Waals surface area contributed by atoms with Crippen LogP contribution in [0.2, 0.25) is 0 Å². The number of aromatic nitrogens is 3. The van der Waals surface area contributed by atoms with Crippen molar-refractivity contribution in [1.29, 1.82) is 0 Å². The molecule has 9 rings (SSSR count). The predicted molar refractivity (Wildman–Crippen MR) is 246 cm³/mol. The number of imidazole rings is 1. The quantitative estimate of drug-likeness (QED) is 0.169. The van der Waals surface area contributed by atoms with Gasteiger partial charge in [-0.25, -0.2) is 4.98 Å². The number of phenols is 1. The Kier molecular flexibility index (Phi) is 10.4. The molecule has 0 atom stereocenters. The SMILES string of the molecule is CC(C)c1cc(C(C)(C)C)cc(C(C)C)c1-n1c(-c2ccc(C(C)(C)C)cc2O)nc2c(-c3[c-]c(-c4ccc5c(n4)oc4ccc6ccccc6c45)ccc3)cccc21.[Pt]. The van der Waals surface area contributed by atoms with Crippen molar-refractivity contribution in [3.63, 3.8) is 0 Å². The largest absolute Gasteiger partial charge is 0.507 e. The summed E-state index contributed by atoms with van der Waals surface area (Å²) >= 11 is 0. The molecule has 9 aromatic rings. The van der Waals surface area contributed by atoms with Crippen molar-refractivity contribution in [3.05, 3.63) is 144 Å². The third kappa shape index (κ3) is 7.05. The smallest absolute Gasteiger partial charge is 0.220 e. The first-order chi connectivity index (χ1) is 28.1. The summed E-state index contributed by atoms with van der Waals surface area (Å²) in [6.07, 6.45) is 0. The van der Waals surface area contributed by atoms with Crippen LogP contribution in [0.4, 0.5) is 0 Å². The molecule has 0 unspecified atom stereocenters. The molecule has 5 nitrogen and oxygen atoms in total. The van der Waals surface area contributed by atoms with Crippen molar-refractivity contribution in [2.75, 3.05) is 0 Å². The molecule has 6 aromatic carbocycles. The topological polar surface area (TPSA) is 64.1 Å². The van der Waals surface area contributed by atoms with Crippen LogP contribution in [-0.2, 0) is 31.9 Å². The van der Waals surface area contributed by atoms with Crippen molar-refractivity contribution in [1.82, 2.24) is 14.5 Å². The van der Waals surface area contributed by atoms with Gasteiger partial charge >= 0.3 is 0 Å². The summed E-state index contributed by atoms with van der Waals surface area (Å²) in [6, 6.07) is 43.9. The molecular formula is C54H52N3O2Pt-. The van der Waals surface area contributed by atoms with E-state index in [1.54, 1.807) is 0 Å². The van der Waals surface area contributed by atoms with Gasteiger partial charge in [-0.2, -0.15) is 0 Å². The van der Waals surface area contributed by atoms with E-state index in [-0.39, 0.29) is 49.5 Å². The number of phenolic OH excluding ortho intramolecular Hbond substituents is 1. The summed E-state index contributed by atoms with van der Waals surface area (Å²) in [4.78, 5) is 10.6. The fraction of sp³-hybridized carbons (Fsp3) is 0.259. The van der Waals surface area contributed by atoms with E-state index >= 15 is 0 Å². The average Bonchev–Trinajstić information content (AvgIpc) is 3.78. The number of hydrogen-bond acceptors (Lipinski definition) is 4. The van der Waals surface area contributed by atoms with Gasteiger partial charge in [0.2, 0.25) is 5.71 Å². The Morgan fingerprint density at radius 1 is 0.633 bits per heavy atom. The fourth-order valence-electron chi connectivity index (χ4n) is 8.51. The third-order valence-electron chi connectivity index (χ3n) is 11.9. The van der Waals surface area contributed by atoms with Crippen LogP contribution in [0, 0.1) is 6.07 Å². The van der Waals surface area contributed by atoms with Gasteiger partial charge < -0.3 is 9.52 Å². The molecule has 1 N–H and O–H groups in total. The Balaban J connectivity index is 0.00000499. The van der Waals surface area contributed by atoms with Gasteiger partial charge in [0.1, 0.15) is 17.2 Å². The van der Waals surface area contributed by atoms with Gasteiger partial charge in [0.25, 0.3) is 0 Å². The summed E-state index contributed by atoms with van der Waals surface area (Å²) in [5.41, 5.74) is 13.3. The zero-order valence-electron chi connectivity index (χ0n) is 36.1. The molecular weight excluding hydrogens is 918 g/mol. The van der Waals surface area contributed by atoms with Crippen LogP contribution in [0.15, 0.2) is 120 Å². The maximum Gasteiger partial charge on any atom is 0.220 e. The number of fused-ring (bicyclic) bond motifs is 6. The second kappa shape index (κ2) is 15.2. The number of benzene rings is 6. The molecule has 306 valence electrons. The van der Waals surface area contributed by atoms with E-state index in [9.17, 15) is 5.11 Å². The van der Waals surface area contributed by atoms with Crippen molar-refractivity contribution in [2.24, 2.45) is 0 Å². The molecule has 0 aliphatic rings. The van der Waals surface area contributed by atoms with Crippen LogP contribution in [0.5, 0.6) is 5.75 Å². The molecule has 60 heavy (non-hydrogen) atoms. The Bertz CT molecular complexity index is 3070. The van der Waals surface area contributed by atoms with Gasteiger partial charge in [-0.3, -0.25) is 9.55 Å². The fourth-order valence-corrected chi connectivity index (χ4v) is 8.51. The molecule has 0 spiro atoms. The number of hydrogen-bond donors (Lipinski definition) is 1. The Morgan fingerprint density at radius 2 is 1.32 bits per heavy atom. The minimum Gasteiger partial charge on any atom is -0.507 e. The number of furan rings is 1. The van der Waals surface area contributed by atoms with E-state index in [1.165, 1.54) is 22.1 Å². The van der Waals surface area contributed by atoms with Crippen molar-refractivity contribution in [2.45, 2.75) is 91.9 Å². The molecule has 0 aliphatic carbocycles. The van der Waals surface area contributed by atoms with Crippen LogP contribution in [-0.4, -0.2) is 19.6 Å². The van der Waals surface area contributed by atoms with Gasteiger partial charge in [0, 0.05) is 37.5 Å². The minimum atomic E-state index is -0.124. The zero-order chi connectivity index (χ0) is 41.5. The second-order valence-electron chi connectivity index (χ2n) is 18.8. The first kappa shape index (κ1) is 41.2. The molecule has 3 heterocycles. The van der Waals surface area contributed by atoms with Crippen LogP contribution in [0.25, 0.3) is 83.3 Å². The Morgan fingerprint density at radius 3 is 2.00 bits per heavy atom. The van der Waals surface area contributed by atoms with Crippen molar-refractivity contribution < 1.29 is 30.6 Å². The third-order valence-corrected chi connectivity index (χ3v) is 11.9. The van der Waals surface area contributed by atoms with Gasteiger partial charge in [-0.15, -0.1) is 29.8 Å². The average molecular weight is 970 g/mol. The number of pyridine rings is 1. The Hall–Kier alpha value is -5.51. The summed E-state index contributed by atoms with van der Waals surface area (Å²) in [7, 11) is 0. The van der Waals surface area contributed by atoms with Crippen molar-refractivity contribution in [3.8, 4) is 45.2 Å². The Labute approximate surface area is 367 Å². The molecule has 3 aromatic heterocycles. The summed E-state index contributed by atoms with van der Waals surface area (Å²) in [5, 5.41) is 16.3. The molecule has 0 saturated heterocycles. The van der Waals surface area contributed by atoms with E-state index in [0.29, 0.717) is 17.1 Å². The summed E-state index contributed by atoms with van der Waals surface area (Å²) in [6.45, 7) is 22.4. The molecule has 0 fully saturated rings. The maximum absolute atomic E-state index is 11.9. The van der Waals surface area contributed by atoms with Crippen LogP contribution in [0.3, 0.4) is 0 Å². The number of aromatic hydroxyl groups is 1. The second-order valence-corrected chi connectivity index (χ2v) is 18.8. The van der Waals surface area contributed by atoms with Gasteiger partial charge in [-0.05, 0) is 80.0 Å². The monoisotopic (exact) mass is 969 g/mol. The molecule has 0 radical (unpaired) electrons. The summed E-state index contributed by atoms with van der Waals surface area (Å²) in [5.74, 6) is 1.39. The molecule has 6 heteroatoms. The molecule has 0 amide bonds. The van der Waals surface area contributed by atoms with Gasteiger partial charge in [0.05, 0.1) is 22.3 Å². The van der Waals surface area contributed by atoms with E-state index in [0.717, 1.165) is 66.4 Å². The zero-order valence-corrected chi connectivity index (χ0v) is 38.4. The number of rotatable bonds is 6. The molecule has 0 saturated carbocycles. The van der Waals surface area contributed by atoms with E-state index < -0.39 is 0 Å². The van der Waals surface area contributed by atoms with E-state index in [1.807, 2.05) is 18.2 Å². The predicted octanol–water partition coefficient (Wildman–Crippen LogP) is 14.8. The standard InChI is InChI=1S/C54H52N3O2.Pt/c1-31(2)42-28-37(54(8,9)10)29-43(32(3)4)50(42)57-45-20-14-19-39(49(45)56-51(57)40-23-22-36(30-46(40)58)53(5,6)7)34-16-13-17-35(27-34)44-25-24-41-48-38-18-12-11-15-33(38)21-26-47(48)59-52(41)55-44;/h11-26,28-32,58H,1-10H3;/q-1;. The van der Waals surface area contributed by atoms with Gasteiger partial charge in [0.15, 0.2) is 0 Å². The van der Waals surface area contributed by atoms with Crippen LogP contribution in [0.1, 0.15) is 103 Å². The van der Waals surface area contributed by atoms with Gasteiger partial charge in [-0.1, -0.05) is 153 Å². The van der Waals surface area contributed by atoms with Crippen molar-refractivity contribution >= 4 is 43.9 Å². The maximum atomic E-state index is 11.9. The molecule has 0 bridgehead atoms.